The average Bonchev–Trinajstić information content (AvgIpc) is 2.34. The van der Waals surface area contributed by atoms with Gasteiger partial charge in [-0.25, -0.2) is 9.97 Å². The maximum atomic E-state index is 8.53. The lowest BCUT2D eigenvalue weighted by molar-refractivity contribution is 1.16. The van der Waals surface area contributed by atoms with Crippen molar-refractivity contribution in [3.8, 4) is 6.19 Å². The number of hydrogen-bond acceptors (Lipinski definition) is 5. The topological polar surface area (TPSA) is 73.6 Å². The van der Waals surface area contributed by atoms with Crippen LogP contribution in [-0.2, 0) is 0 Å². The van der Waals surface area contributed by atoms with E-state index in [0.717, 1.165) is 15.7 Å². The van der Waals surface area contributed by atoms with Gasteiger partial charge in [-0.3, -0.25) is 5.32 Å². The van der Waals surface area contributed by atoms with Gasteiger partial charge in [0, 0.05) is 16.2 Å². The Balaban J connectivity index is 2.23. The van der Waals surface area contributed by atoms with E-state index in [2.05, 4.69) is 36.5 Å². The Hall–Kier alpha value is -2.13. The van der Waals surface area contributed by atoms with E-state index >= 15 is 0 Å². The summed E-state index contributed by atoms with van der Waals surface area (Å²) in [6.07, 6.45) is 3.22. The number of aromatic nitrogens is 2. The molecule has 2 aromatic rings. The second-order valence-electron chi connectivity index (χ2n) is 3.61. The third-order valence-electron chi connectivity index (χ3n) is 2.30. The van der Waals surface area contributed by atoms with E-state index in [0.29, 0.717) is 11.6 Å². The summed E-state index contributed by atoms with van der Waals surface area (Å²) in [6, 6.07) is 7.59. The van der Waals surface area contributed by atoms with Crippen molar-refractivity contribution < 1.29 is 0 Å². The van der Waals surface area contributed by atoms with E-state index in [1.54, 1.807) is 6.07 Å². The first kappa shape index (κ1) is 12.3. The van der Waals surface area contributed by atoms with Gasteiger partial charge in [-0.2, -0.15) is 5.26 Å². The van der Waals surface area contributed by atoms with E-state index in [4.69, 9.17) is 5.26 Å². The molecule has 2 rings (SSSR count). The molecule has 1 aromatic heterocycles. The van der Waals surface area contributed by atoms with Crippen LogP contribution in [0.2, 0.25) is 0 Å². The fourth-order valence-corrected chi connectivity index (χ4v) is 1.93. The van der Waals surface area contributed by atoms with Gasteiger partial charge in [0.2, 0.25) is 0 Å². The third-order valence-corrected chi connectivity index (χ3v) is 2.80. The molecule has 0 radical (unpaired) electrons. The van der Waals surface area contributed by atoms with Gasteiger partial charge in [0.25, 0.3) is 0 Å². The molecule has 0 saturated carbocycles. The predicted octanol–water partition coefficient (Wildman–Crippen LogP) is 3.18. The zero-order chi connectivity index (χ0) is 13.0. The van der Waals surface area contributed by atoms with E-state index in [1.807, 2.05) is 31.3 Å². The predicted molar refractivity (Wildman–Crippen MR) is 73.4 cm³/mol. The Morgan fingerprint density at radius 2 is 2.00 bits per heavy atom. The Bertz CT molecular complexity index is 606. The minimum atomic E-state index is 0.463. The van der Waals surface area contributed by atoms with Crippen LogP contribution in [0.1, 0.15) is 5.56 Å². The minimum absolute atomic E-state index is 0.463. The summed E-state index contributed by atoms with van der Waals surface area (Å²) in [5.74, 6) is 1.10. The van der Waals surface area contributed by atoms with Gasteiger partial charge in [-0.05, 0) is 30.7 Å². The highest BCUT2D eigenvalue weighted by Gasteiger charge is 2.02. The molecule has 0 atom stereocenters. The highest BCUT2D eigenvalue weighted by Crippen LogP contribution is 2.23. The van der Waals surface area contributed by atoms with E-state index in [-0.39, 0.29) is 0 Å². The second kappa shape index (κ2) is 5.47. The molecule has 0 aliphatic carbocycles. The molecule has 0 fully saturated rings. The SMILES string of the molecule is Cc1cc(Br)ccc1Nc1cc(NC#N)ncn1. The number of anilines is 3. The van der Waals surface area contributed by atoms with E-state index < -0.39 is 0 Å². The molecule has 0 bridgehead atoms. The lowest BCUT2D eigenvalue weighted by atomic mass is 10.2. The fraction of sp³-hybridized carbons (Fsp3) is 0.0833. The summed E-state index contributed by atoms with van der Waals surface area (Å²) in [5, 5.41) is 14.2. The summed E-state index contributed by atoms with van der Waals surface area (Å²) in [7, 11) is 0. The number of hydrogen-bond donors (Lipinski definition) is 2. The number of halogens is 1. The van der Waals surface area contributed by atoms with Gasteiger partial charge < -0.3 is 5.32 Å². The summed E-state index contributed by atoms with van der Waals surface area (Å²) in [4.78, 5) is 8.01. The summed E-state index contributed by atoms with van der Waals surface area (Å²) >= 11 is 3.41. The zero-order valence-corrected chi connectivity index (χ0v) is 11.2. The Kier molecular flexibility index (Phi) is 3.75. The molecule has 0 amide bonds. The number of rotatable bonds is 3. The van der Waals surface area contributed by atoms with Crippen LogP contribution in [0.3, 0.4) is 0 Å². The summed E-state index contributed by atoms with van der Waals surface area (Å²) < 4.78 is 1.03. The first-order valence-corrected chi connectivity index (χ1v) is 5.98. The highest BCUT2D eigenvalue weighted by atomic mass is 79.9. The third kappa shape index (κ3) is 2.96. The van der Waals surface area contributed by atoms with Crippen molar-refractivity contribution in [3.05, 3.63) is 40.6 Å². The number of aryl methyl sites for hydroxylation is 1. The molecule has 0 aliphatic rings. The normalized spacial score (nSPS) is 9.61. The van der Waals surface area contributed by atoms with E-state index in [1.165, 1.54) is 6.33 Å². The van der Waals surface area contributed by atoms with E-state index in [9.17, 15) is 0 Å². The zero-order valence-electron chi connectivity index (χ0n) is 9.61. The Labute approximate surface area is 113 Å². The van der Waals surface area contributed by atoms with Gasteiger partial charge in [0.05, 0.1) is 0 Å². The van der Waals surface area contributed by atoms with Gasteiger partial charge in [-0.15, -0.1) is 0 Å². The number of nitriles is 1. The Morgan fingerprint density at radius 3 is 2.72 bits per heavy atom. The largest absolute Gasteiger partial charge is 0.340 e. The summed E-state index contributed by atoms with van der Waals surface area (Å²) in [6.45, 7) is 2.00. The van der Waals surface area contributed by atoms with Crippen LogP contribution >= 0.6 is 15.9 Å². The molecule has 1 aromatic carbocycles. The van der Waals surface area contributed by atoms with Crippen molar-refractivity contribution in [2.24, 2.45) is 0 Å². The number of nitrogens with one attached hydrogen (secondary N) is 2. The quantitative estimate of drug-likeness (QED) is 0.673. The number of nitrogens with zero attached hydrogens (tertiary/aromatic N) is 3. The molecular weight excluding hydrogens is 294 g/mol. The van der Waals surface area contributed by atoms with Crippen LogP contribution < -0.4 is 10.6 Å². The first-order valence-electron chi connectivity index (χ1n) is 5.19. The van der Waals surface area contributed by atoms with Crippen LogP contribution in [0.5, 0.6) is 0 Å². The van der Waals surface area contributed by atoms with Crippen molar-refractivity contribution in [3.63, 3.8) is 0 Å². The second-order valence-corrected chi connectivity index (χ2v) is 4.53. The fourth-order valence-electron chi connectivity index (χ4n) is 1.46. The van der Waals surface area contributed by atoms with Crippen molar-refractivity contribution >= 4 is 33.3 Å². The standard InChI is InChI=1S/C12H10BrN5/c1-8-4-9(13)2-3-10(8)18-12-5-11(15-6-14)16-7-17-12/h2-5,7H,1H3,(H2,15,16,17,18). The molecule has 0 aliphatic heterocycles. The van der Waals surface area contributed by atoms with Crippen molar-refractivity contribution in [1.29, 1.82) is 5.26 Å². The molecule has 90 valence electrons. The Morgan fingerprint density at radius 1 is 1.22 bits per heavy atom. The van der Waals surface area contributed by atoms with Crippen molar-refractivity contribution in [2.75, 3.05) is 10.6 Å². The molecule has 6 heteroatoms. The molecular formula is C12H10BrN5. The van der Waals surface area contributed by atoms with Crippen LogP contribution in [0.25, 0.3) is 0 Å². The first-order chi connectivity index (χ1) is 8.69. The molecule has 5 nitrogen and oxygen atoms in total. The minimum Gasteiger partial charge on any atom is -0.340 e. The van der Waals surface area contributed by atoms with Gasteiger partial charge in [-0.1, -0.05) is 15.9 Å². The molecule has 0 saturated heterocycles. The average molecular weight is 304 g/mol. The van der Waals surface area contributed by atoms with Crippen LogP contribution in [0.15, 0.2) is 35.1 Å². The summed E-state index contributed by atoms with van der Waals surface area (Å²) in [5.41, 5.74) is 2.05. The van der Waals surface area contributed by atoms with Crippen LogP contribution in [0, 0.1) is 18.4 Å². The molecule has 18 heavy (non-hydrogen) atoms. The monoisotopic (exact) mass is 303 g/mol. The molecule has 0 unspecified atom stereocenters. The molecule has 1 heterocycles. The van der Waals surface area contributed by atoms with Gasteiger partial charge in [0.1, 0.15) is 18.0 Å². The van der Waals surface area contributed by atoms with Crippen molar-refractivity contribution in [2.45, 2.75) is 6.92 Å². The van der Waals surface area contributed by atoms with Crippen LogP contribution in [-0.4, -0.2) is 9.97 Å². The van der Waals surface area contributed by atoms with Gasteiger partial charge in [0.15, 0.2) is 6.19 Å². The van der Waals surface area contributed by atoms with Crippen molar-refractivity contribution in [1.82, 2.24) is 9.97 Å². The molecule has 0 spiro atoms. The van der Waals surface area contributed by atoms with Crippen LogP contribution in [0.4, 0.5) is 17.3 Å². The highest BCUT2D eigenvalue weighted by molar-refractivity contribution is 9.10. The maximum absolute atomic E-state index is 8.53. The number of benzene rings is 1. The molecule has 2 N–H and O–H groups in total. The lowest BCUT2D eigenvalue weighted by Crippen LogP contribution is -1.98. The smallest absolute Gasteiger partial charge is 0.182 e. The maximum Gasteiger partial charge on any atom is 0.182 e. The lowest BCUT2D eigenvalue weighted by Gasteiger charge is -2.09. The van der Waals surface area contributed by atoms with Gasteiger partial charge >= 0.3 is 0 Å².